The number of rotatable bonds is 4. The van der Waals surface area contributed by atoms with E-state index in [2.05, 4.69) is 39.2 Å². The van der Waals surface area contributed by atoms with E-state index in [1.807, 2.05) is 18.2 Å². The van der Waals surface area contributed by atoms with E-state index in [0.717, 1.165) is 62.2 Å². The summed E-state index contributed by atoms with van der Waals surface area (Å²) in [6, 6.07) is 10.1. The molecule has 2 fully saturated rings. The fourth-order valence-corrected chi connectivity index (χ4v) is 5.20. The van der Waals surface area contributed by atoms with Crippen molar-refractivity contribution in [2.24, 2.45) is 11.7 Å². The summed E-state index contributed by atoms with van der Waals surface area (Å²) in [6.45, 7) is 5.37. The SMILES string of the molecule is CC1CC(N)CN(c2ccncc2NC(=O)c2nc3cc(C4CCOCC4)ccc3cc2N)C1. The number of piperidine rings is 1. The van der Waals surface area contributed by atoms with Gasteiger partial charge in [-0.2, -0.15) is 0 Å². The minimum Gasteiger partial charge on any atom is -0.397 e. The number of carbonyl (C=O) groups excluding carboxylic acids is 1. The molecule has 34 heavy (non-hydrogen) atoms. The highest BCUT2D eigenvalue weighted by molar-refractivity contribution is 6.09. The molecule has 2 saturated heterocycles. The molecule has 178 valence electrons. The van der Waals surface area contributed by atoms with Crippen LogP contribution in [0.3, 0.4) is 0 Å². The van der Waals surface area contributed by atoms with Gasteiger partial charge in [0, 0.05) is 43.9 Å². The molecule has 3 aromatic rings. The zero-order valence-corrected chi connectivity index (χ0v) is 19.5. The van der Waals surface area contributed by atoms with Crippen molar-refractivity contribution < 1.29 is 9.53 Å². The number of anilines is 3. The largest absolute Gasteiger partial charge is 0.397 e. The van der Waals surface area contributed by atoms with Crippen LogP contribution >= 0.6 is 0 Å². The Hall–Kier alpha value is -3.23. The van der Waals surface area contributed by atoms with Gasteiger partial charge in [0.05, 0.1) is 28.8 Å². The van der Waals surface area contributed by atoms with Crippen LogP contribution in [0, 0.1) is 5.92 Å². The van der Waals surface area contributed by atoms with Gasteiger partial charge in [-0.1, -0.05) is 19.1 Å². The number of aromatic nitrogens is 2. The maximum Gasteiger partial charge on any atom is 0.276 e. The second kappa shape index (κ2) is 9.56. The van der Waals surface area contributed by atoms with Crippen molar-refractivity contribution in [2.45, 2.75) is 38.1 Å². The number of nitrogens with one attached hydrogen (secondary N) is 1. The fraction of sp³-hybridized carbons (Fsp3) is 0.423. The van der Waals surface area contributed by atoms with Gasteiger partial charge in [0.2, 0.25) is 0 Å². The molecule has 0 aliphatic carbocycles. The topological polar surface area (TPSA) is 119 Å². The van der Waals surface area contributed by atoms with Gasteiger partial charge in [0.25, 0.3) is 5.91 Å². The Bertz CT molecular complexity index is 1180. The Morgan fingerprint density at radius 2 is 2.00 bits per heavy atom. The van der Waals surface area contributed by atoms with E-state index in [9.17, 15) is 4.79 Å². The van der Waals surface area contributed by atoms with Gasteiger partial charge >= 0.3 is 0 Å². The molecule has 0 saturated carbocycles. The van der Waals surface area contributed by atoms with E-state index in [1.54, 1.807) is 12.4 Å². The Morgan fingerprint density at radius 1 is 1.18 bits per heavy atom. The molecular weight excluding hydrogens is 428 g/mol. The summed E-state index contributed by atoms with van der Waals surface area (Å²) < 4.78 is 5.50. The molecular formula is C26H32N6O2. The first-order valence-electron chi connectivity index (χ1n) is 12.0. The van der Waals surface area contributed by atoms with Crippen molar-refractivity contribution >= 4 is 33.9 Å². The molecule has 8 nitrogen and oxygen atoms in total. The molecule has 2 unspecified atom stereocenters. The molecule has 0 spiro atoms. The molecule has 0 bridgehead atoms. The second-order valence-electron chi connectivity index (χ2n) is 9.62. The molecule has 2 aliphatic heterocycles. The molecule has 5 rings (SSSR count). The van der Waals surface area contributed by atoms with Crippen molar-refractivity contribution in [2.75, 3.05) is 42.3 Å². The predicted molar refractivity (Wildman–Crippen MR) is 135 cm³/mol. The predicted octanol–water partition coefficient (Wildman–Crippen LogP) is 3.53. The average molecular weight is 461 g/mol. The molecule has 2 aromatic heterocycles. The van der Waals surface area contributed by atoms with Gasteiger partial charge < -0.3 is 26.4 Å². The molecule has 8 heteroatoms. The molecule has 2 aliphatic rings. The van der Waals surface area contributed by atoms with Gasteiger partial charge in [0.15, 0.2) is 5.69 Å². The third-order valence-electron chi connectivity index (χ3n) is 6.86. The number of fused-ring (bicyclic) bond motifs is 1. The van der Waals surface area contributed by atoms with E-state index in [0.29, 0.717) is 23.2 Å². The number of pyridine rings is 2. The van der Waals surface area contributed by atoms with Crippen LogP contribution in [-0.4, -0.2) is 48.2 Å². The number of nitrogens with two attached hydrogens (primary N) is 2. The van der Waals surface area contributed by atoms with Gasteiger partial charge in [-0.25, -0.2) is 4.98 Å². The third-order valence-corrected chi connectivity index (χ3v) is 6.86. The molecule has 5 N–H and O–H groups in total. The van der Waals surface area contributed by atoms with Crippen LogP contribution < -0.4 is 21.7 Å². The number of benzene rings is 1. The summed E-state index contributed by atoms with van der Waals surface area (Å²) in [5.41, 5.74) is 16.6. The number of carbonyl (C=O) groups is 1. The molecule has 0 radical (unpaired) electrons. The van der Waals surface area contributed by atoms with E-state index in [4.69, 9.17) is 16.2 Å². The Balaban J connectivity index is 1.42. The maximum absolute atomic E-state index is 13.3. The maximum atomic E-state index is 13.3. The van der Waals surface area contributed by atoms with E-state index in [-0.39, 0.29) is 17.6 Å². The van der Waals surface area contributed by atoms with Crippen molar-refractivity contribution in [3.05, 3.63) is 54.0 Å². The second-order valence-corrected chi connectivity index (χ2v) is 9.62. The highest BCUT2D eigenvalue weighted by atomic mass is 16.5. The van der Waals surface area contributed by atoms with Crippen molar-refractivity contribution in [1.29, 1.82) is 0 Å². The molecule has 2 atom stereocenters. The normalized spacial score (nSPS) is 21.5. The standard InChI is InChI=1S/C26H32N6O2/c1-16-10-20(27)15-32(14-16)24-4-7-29-13-23(24)31-26(33)25-21(28)11-19-3-2-18(12-22(19)30-25)17-5-8-34-9-6-17/h2-4,7,11-13,16-17,20H,5-6,8-10,14-15,27-28H2,1H3,(H,31,33). The quantitative estimate of drug-likeness (QED) is 0.545. The van der Waals surface area contributed by atoms with Crippen LogP contribution in [0.5, 0.6) is 0 Å². The van der Waals surface area contributed by atoms with Gasteiger partial charge in [0.1, 0.15) is 0 Å². The van der Waals surface area contributed by atoms with Crippen LogP contribution in [-0.2, 0) is 4.74 Å². The summed E-state index contributed by atoms with van der Waals surface area (Å²) in [5, 5.41) is 3.91. The number of nitrogen functional groups attached to an aromatic ring is 1. The summed E-state index contributed by atoms with van der Waals surface area (Å²) in [4.78, 5) is 24.4. The lowest BCUT2D eigenvalue weighted by molar-refractivity contribution is 0.0853. The lowest BCUT2D eigenvalue weighted by Crippen LogP contribution is -2.46. The Kier molecular flexibility index (Phi) is 6.34. The van der Waals surface area contributed by atoms with Crippen molar-refractivity contribution in [3.63, 3.8) is 0 Å². The Morgan fingerprint density at radius 3 is 2.79 bits per heavy atom. The van der Waals surface area contributed by atoms with Crippen LogP contribution in [0.25, 0.3) is 10.9 Å². The van der Waals surface area contributed by atoms with E-state index >= 15 is 0 Å². The Labute approximate surface area is 199 Å². The summed E-state index contributed by atoms with van der Waals surface area (Å²) in [6.07, 6.45) is 6.39. The zero-order chi connectivity index (χ0) is 23.7. The monoisotopic (exact) mass is 460 g/mol. The minimum atomic E-state index is -0.348. The van der Waals surface area contributed by atoms with Crippen LogP contribution in [0.15, 0.2) is 42.7 Å². The van der Waals surface area contributed by atoms with Crippen LogP contribution in [0.4, 0.5) is 17.1 Å². The first-order valence-corrected chi connectivity index (χ1v) is 12.0. The first kappa shape index (κ1) is 22.6. The summed E-state index contributed by atoms with van der Waals surface area (Å²) in [5.74, 6) is 0.578. The number of hydrogen-bond acceptors (Lipinski definition) is 7. The van der Waals surface area contributed by atoms with Crippen molar-refractivity contribution in [1.82, 2.24) is 9.97 Å². The van der Waals surface area contributed by atoms with Crippen molar-refractivity contribution in [3.8, 4) is 0 Å². The molecule has 4 heterocycles. The highest BCUT2D eigenvalue weighted by Gasteiger charge is 2.25. The summed E-state index contributed by atoms with van der Waals surface area (Å²) >= 11 is 0. The average Bonchev–Trinajstić information content (AvgIpc) is 2.83. The van der Waals surface area contributed by atoms with Gasteiger partial charge in [-0.15, -0.1) is 0 Å². The fourth-order valence-electron chi connectivity index (χ4n) is 5.20. The highest BCUT2D eigenvalue weighted by Crippen LogP contribution is 2.31. The summed E-state index contributed by atoms with van der Waals surface area (Å²) in [7, 11) is 0. The van der Waals surface area contributed by atoms with Gasteiger partial charge in [-0.3, -0.25) is 9.78 Å². The van der Waals surface area contributed by atoms with Crippen LogP contribution in [0.1, 0.15) is 48.2 Å². The number of amides is 1. The lowest BCUT2D eigenvalue weighted by Gasteiger charge is -2.37. The van der Waals surface area contributed by atoms with Gasteiger partial charge in [-0.05, 0) is 54.9 Å². The smallest absolute Gasteiger partial charge is 0.276 e. The lowest BCUT2D eigenvalue weighted by atomic mass is 9.91. The van der Waals surface area contributed by atoms with E-state index < -0.39 is 0 Å². The number of ether oxygens (including phenoxy) is 1. The zero-order valence-electron chi connectivity index (χ0n) is 19.5. The first-order chi connectivity index (χ1) is 16.5. The third kappa shape index (κ3) is 4.69. The van der Waals surface area contributed by atoms with Crippen LogP contribution in [0.2, 0.25) is 0 Å². The number of hydrogen-bond donors (Lipinski definition) is 3. The number of nitrogens with zero attached hydrogens (tertiary/aromatic N) is 3. The minimum absolute atomic E-state index is 0.100. The molecule has 1 amide bonds. The molecule has 1 aromatic carbocycles. The van der Waals surface area contributed by atoms with E-state index in [1.165, 1.54) is 5.56 Å².